The van der Waals surface area contributed by atoms with Crippen molar-refractivity contribution in [2.45, 2.75) is 19.0 Å². The molecule has 0 atom stereocenters. The zero-order valence-corrected chi connectivity index (χ0v) is 12.1. The fraction of sp³-hybridized carbons (Fsp3) is 0.200. The van der Waals surface area contributed by atoms with Crippen LogP contribution in [0.3, 0.4) is 0 Å². The number of nitrogens with zero attached hydrogens (tertiary/aromatic N) is 1. The van der Waals surface area contributed by atoms with E-state index in [2.05, 4.69) is 10.3 Å². The Bertz CT molecular complexity index is 674. The zero-order chi connectivity index (χ0) is 16.2. The summed E-state index contributed by atoms with van der Waals surface area (Å²) >= 11 is 5.83. The maximum atomic E-state index is 12.5. The summed E-state index contributed by atoms with van der Waals surface area (Å²) in [5.74, 6) is -0.530. The highest BCUT2D eigenvalue weighted by Gasteiger charge is 2.32. The van der Waals surface area contributed by atoms with E-state index in [9.17, 15) is 18.0 Å². The molecule has 3 nitrogen and oxygen atoms in total. The van der Waals surface area contributed by atoms with E-state index in [1.54, 1.807) is 18.2 Å². The summed E-state index contributed by atoms with van der Waals surface area (Å²) < 4.78 is 37.6. The number of alkyl halides is 3. The Hall–Kier alpha value is -2.08. The molecule has 2 aromatic rings. The average molecular weight is 329 g/mol. The molecule has 0 unspecified atom stereocenters. The molecular weight excluding hydrogens is 317 g/mol. The Morgan fingerprint density at radius 1 is 1.18 bits per heavy atom. The second kappa shape index (κ2) is 6.79. The highest BCUT2D eigenvalue weighted by Crippen LogP contribution is 2.28. The standard InChI is InChI=1S/C15H12ClF3N2O/c16-11-4-1-3-10(9-11)7-8-14(22)21-13-6-2-5-12(20-13)15(17,18)19/h1-6,9H,7-8H2,(H,20,21,22). The van der Waals surface area contributed by atoms with Gasteiger partial charge in [-0.1, -0.05) is 29.8 Å². The van der Waals surface area contributed by atoms with Crippen LogP contribution in [0.1, 0.15) is 17.7 Å². The van der Waals surface area contributed by atoms with Crippen LogP contribution in [0.5, 0.6) is 0 Å². The molecule has 0 fully saturated rings. The second-order valence-electron chi connectivity index (χ2n) is 4.58. The highest BCUT2D eigenvalue weighted by molar-refractivity contribution is 6.30. The first kappa shape index (κ1) is 16.3. The van der Waals surface area contributed by atoms with Gasteiger partial charge in [0.15, 0.2) is 0 Å². The monoisotopic (exact) mass is 328 g/mol. The van der Waals surface area contributed by atoms with E-state index < -0.39 is 17.8 Å². The van der Waals surface area contributed by atoms with Gasteiger partial charge >= 0.3 is 6.18 Å². The summed E-state index contributed by atoms with van der Waals surface area (Å²) in [6.07, 6.45) is -3.98. The van der Waals surface area contributed by atoms with Crippen LogP contribution in [0.25, 0.3) is 0 Å². The molecule has 116 valence electrons. The van der Waals surface area contributed by atoms with E-state index in [0.717, 1.165) is 11.6 Å². The minimum atomic E-state index is -4.54. The Morgan fingerprint density at radius 2 is 1.91 bits per heavy atom. The SMILES string of the molecule is O=C(CCc1cccc(Cl)c1)Nc1cccc(C(F)(F)F)n1. The van der Waals surface area contributed by atoms with Crippen LogP contribution >= 0.6 is 11.6 Å². The normalized spacial score (nSPS) is 11.3. The lowest BCUT2D eigenvalue weighted by atomic mass is 10.1. The molecule has 0 radical (unpaired) electrons. The molecule has 0 aliphatic rings. The number of benzene rings is 1. The van der Waals surface area contributed by atoms with Crippen molar-refractivity contribution >= 4 is 23.3 Å². The van der Waals surface area contributed by atoms with Crippen molar-refractivity contribution in [3.63, 3.8) is 0 Å². The maximum Gasteiger partial charge on any atom is 0.433 e. The average Bonchev–Trinajstić information content (AvgIpc) is 2.45. The van der Waals surface area contributed by atoms with Gasteiger partial charge in [-0.15, -0.1) is 0 Å². The third kappa shape index (κ3) is 4.73. The number of anilines is 1. The quantitative estimate of drug-likeness (QED) is 0.908. The highest BCUT2D eigenvalue weighted by atomic mass is 35.5. The van der Waals surface area contributed by atoms with Gasteiger partial charge in [-0.05, 0) is 36.2 Å². The van der Waals surface area contributed by atoms with Gasteiger partial charge in [0, 0.05) is 11.4 Å². The molecular formula is C15H12ClF3N2O. The second-order valence-corrected chi connectivity index (χ2v) is 5.02. The van der Waals surface area contributed by atoms with Gasteiger partial charge in [0.1, 0.15) is 11.5 Å². The van der Waals surface area contributed by atoms with E-state index >= 15 is 0 Å². The lowest BCUT2D eigenvalue weighted by Gasteiger charge is -2.09. The van der Waals surface area contributed by atoms with E-state index in [1.165, 1.54) is 12.1 Å². The number of halogens is 4. The number of pyridine rings is 1. The summed E-state index contributed by atoms with van der Waals surface area (Å²) in [7, 11) is 0. The fourth-order valence-corrected chi connectivity index (χ4v) is 2.03. The van der Waals surface area contributed by atoms with Crippen LogP contribution in [0, 0.1) is 0 Å². The van der Waals surface area contributed by atoms with Crippen LogP contribution in [-0.2, 0) is 17.4 Å². The molecule has 0 aliphatic carbocycles. The zero-order valence-electron chi connectivity index (χ0n) is 11.3. The third-order valence-electron chi connectivity index (χ3n) is 2.84. The fourth-order valence-electron chi connectivity index (χ4n) is 1.82. The number of carbonyl (C=O) groups excluding carboxylic acids is 1. The number of aryl methyl sites for hydroxylation is 1. The first-order valence-corrected chi connectivity index (χ1v) is 6.81. The number of hydrogen-bond donors (Lipinski definition) is 1. The van der Waals surface area contributed by atoms with Crippen LogP contribution in [0.4, 0.5) is 19.0 Å². The first-order valence-electron chi connectivity index (χ1n) is 6.43. The molecule has 0 spiro atoms. The largest absolute Gasteiger partial charge is 0.433 e. The third-order valence-corrected chi connectivity index (χ3v) is 3.07. The molecule has 2 rings (SSSR count). The molecule has 0 aliphatic heterocycles. The Balaban J connectivity index is 1.95. The van der Waals surface area contributed by atoms with Crippen LogP contribution in [0.2, 0.25) is 5.02 Å². The number of rotatable bonds is 4. The summed E-state index contributed by atoms with van der Waals surface area (Å²) in [5.41, 5.74) is -0.167. The number of nitrogens with one attached hydrogen (secondary N) is 1. The summed E-state index contributed by atoms with van der Waals surface area (Å²) in [6, 6.07) is 10.4. The van der Waals surface area contributed by atoms with Crippen molar-refractivity contribution in [2.75, 3.05) is 5.32 Å². The number of aromatic nitrogens is 1. The van der Waals surface area contributed by atoms with E-state index in [-0.39, 0.29) is 12.2 Å². The van der Waals surface area contributed by atoms with Crippen LogP contribution in [0.15, 0.2) is 42.5 Å². The summed E-state index contributed by atoms with van der Waals surface area (Å²) in [4.78, 5) is 15.1. The van der Waals surface area contributed by atoms with Gasteiger partial charge in [-0.25, -0.2) is 4.98 Å². The Kier molecular flexibility index (Phi) is 5.03. The van der Waals surface area contributed by atoms with E-state index in [4.69, 9.17) is 11.6 Å². The van der Waals surface area contributed by atoms with Gasteiger partial charge in [0.2, 0.25) is 5.91 Å². The predicted octanol–water partition coefficient (Wildman–Crippen LogP) is 4.33. The predicted molar refractivity (Wildman–Crippen MR) is 77.6 cm³/mol. The lowest BCUT2D eigenvalue weighted by Crippen LogP contribution is -2.15. The summed E-state index contributed by atoms with van der Waals surface area (Å²) in [5, 5.41) is 2.92. The minimum Gasteiger partial charge on any atom is -0.311 e. The first-order chi connectivity index (χ1) is 10.3. The molecule has 0 saturated heterocycles. The van der Waals surface area contributed by atoms with Gasteiger partial charge < -0.3 is 5.32 Å². The number of amides is 1. The summed E-state index contributed by atoms with van der Waals surface area (Å²) in [6.45, 7) is 0. The molecule has 1 heterocycles. The van der Waals surface area contributed by atoms with Crippen molar-refractivity contribution in [3.8, 4) is 0 Å². The lowest BCUT2D eigenvalue weighted by molar-refractivity contribution is -0.141. The van der Waals surface area contributed by atoms with E-state index in [1.807, 2.05) is 6.07 Å². The number of hydrogen-bond acceptors (Lipinski definition) is 2. The molecule has 1 amide bonds. The van der Waals surface area contributed by atoms with Gasteiger partial charge in [-0.2, -0.15) is 13.2 Å². The van der Waals surface area contributed by atoms with Gasteiger partial charge in [-0.3, -0.25) is 4.79 Å². The van der Waals surface area contributed by atoms with Crippen molar-refractivity contribution in [1.29, 1.82) is 0 Å². The van der Waals surface area contributed by atoms with Crippen molar-refractivity contribution in [2.24, 2.45) is 0 Å². The van der Waals surface area contributed by atoms with Crippen molar-refractivity contribution in [1.82, 2.24) is 4.98 Å². The molecule has 0 saturated carbocycles. The molecule has 1 aromatic carbocycles. The minimum absolute atomic E-state index is 0.120. The number of carbonyl (C=O) groups is 1. The topological polar surface area (TPSA) is 42.0 Å². The smallest absolute Gasteiger partial charge is 0.311 e. The Morgan fingerprint density at radius 3 is 2.59 bits per heavy atom. The molecule has 0 bridgehead atoms. The molecule has 1 aromatic heterocycles. The van der Waals surface area contributed by atoms with E-state index in [0.29, 0.717) is 11.4 Å². The van der Waals surface area contributed by atoms with Crippen molar-refractivity contribution in [3.05, 3.63) is 58.7 Å². The van der Waals surface area contributed by atoms with Crippen molar-refractivity contribution < 1.29 is 18.0 Å². The van der Waals surface area contributed by atoms with Gasteiger partial charge in [0.25, 0.3) is 0 Å². The van der Waals surface area contributed by atoms with Gasteiger partial charge in [0.05, 0.1) is 0 Å². The van der Waals surface area contributed by atoms with Crippen LogP contribution < -0.4 is 5.32 Å². The molecule has 22 heavy (non-hydrogen) atoms. The Labute approximate surface area is 130 Å². The van der Waals surface area contributed by atoms with Crippen LogP contribution in [-0.4, -0.2) is 10.9 Å². The molecule has 7 heteroatoms. The molecule has 1 N–H and O–H groups in total. The maximum absolute atomic E-state index is 12.5.